The Bertz CT molecular complexity index is 903. The highest BCUT2D eigenvalue weighted by molar-refractivity contribution is 6.42. The molecule has 0 spiro atoms. The minimum absolute atomic E-state index is 0.0955. The molecule has 0 aliphatic heterocycles. The first-order valence-electron chi connectivity index (χ1n) is 7.28. The largest absolute Gasteiger partial charge is 0.484 e. The monoisotopic (exact) mass is 389 g/mol. The van der Waals surface area contributed by atoms with E-state index in [1.807, 2.05) is 6.07 Å². The third kappa shape index (κ3) is 5.52. The first-order valence-corrected chi connectivity index (χ1v) is 8.04. The molecule has 0 bridgehead atoms. The second-order valence-electron chi connectivity index (χ2n) is 5.08. The Morgan fingerprint density at radius 3 is 2.42 bits per heavy atom. The molecule has 2 aromatic rings. The number of benzene rings is 2. The summed E-state index contributed by atoms with van der Waals surface area (Å²) in [4.78, 5) is 22.9. The molecule has 3 N–H and O–H groups in total. The van der Waals surface area contributed by atoms with Gasteiger partial charge in [0.25, 0.3) is 11.8 Å². The number of rotatable bonds is 6. The number of ether oxygens (including phenoxy) is 1. The molecule has 2 amide bonds. The average molecular weight is 390 g/mol. The summed E-state index contributed by atoms with van der Waals surface area (Å²) >= 11 is 11.7. The first kappa shape index (κ1) is 19.3. The Hall–Kier alpha value is -3.01. The lowest BCUT2D eigenvalue weighted by molar-refractivity contribution is -0.120. The number of primary amides is 1. The van der Waals surface area contributed by atoms with Crippen molar-refractivity contribution in [2.75, 3.05) is 11.9 Å². The molecule has 2 aromatic carbocycles. The zero-order chi connectivity index (χ0) is 19.1. The molecule has 0 saturated heterocycles. The molecule has 0 aliphatic carbocycles. The number of nitriles is 1. The van der Waals surface area contributed by atoms with Crippen LogP contribution in [0.4, 0.5) is 5.69 Å². The fourth-order valence-electron chi connectivity index (χ4n) is 1.90. The van der Waals surface area contributed by atoms with Crippen molar-refractivity contribution in [2.45, 2.75) is 0 Å². The highest BCUT2D eigenvalue weighted by Gasteiger charge is 2.10. The van der Waals surface area contributed by atoms with Crippen LogP contribution in [0.1, 0.15) is 5.56 Å². The van der Waals surface area contributed by atoms with E-state index in [1.165, 1.54) is 12.1 Å². The van der Waals surface area contributed by atoms with Crippen molar-refractivity contribution in [1.82, 2.24) is 0 Å². The zero-order valence-corrected chi connectivity index (χ0v) is 14.8. The van der Waals surface area contributed by atoms with E-state index in [2.05, 4.69) is 5.32 Å². The third-order valence-electron chi connectivity index (χ3n) is 3.11. The van der Waals surface area contributed by atoms with Gasteiger partial charge in [0.2, 0.25) is 0 Å². The zero-order valence-electron chi connectivity index (χ0n) is 13.3. The van der Waals surface area contributed by atoms with Crippen LogP contribution in [-0.2, 0) is 9.59 Å². The van der Waals surface area contributed by atoms with Crippen LogP contribution in [0, 0.1) is 11.3 Å². The average Bonchev–Trinajstić information content (AvgIpc) is 2.61. The number of halogens is 2. The van der Waals surface area contributed by atoms with Crippen LogP contribution in [0.25, 0.3) is 6.08 Å². The molecule has 2 rings (SSSR count). The first-order chi connectivity index (χ1) is 12.4. The van der Waals surface area contributed by atoms with Crippen LogP contribution in [-0.4, -0.2) is 18.4 Å². The summed E-state index contributed by atoms with van der Waals surface area (Å²) in [6.45, 7) is -0.231. The van der Waals surface area contributed by atoms with Crippen LogP contribution in [0.5, 0.6) is 5.75 Å². The standard InChI is InChI=1S/C18H13Cl2N3O3/c19-15-6-3-13(8-16(15)20)23-18(25)12(9-21)7-11-1-4-14(5-2-11)26-10-17(22)24/h1-8H,10H2,(H2,22,24)(H,23,25)/b12-7-. The van der Waals surface area contributed by atoms with Gasteiger partial charge in [-0.2, -0.15) is 5.26 Å². The number of carbonyl (C=O) groups is 2. The van der Waals surface area contributed by atoms with E-state index in [1.54, 1.807) is 36.4 Å². The highest BCUT2D eigenvalue weighted by atomic mass is 35.5. The molecule has 0 fully saturated rings. The summed E-state index contributed by atoms with van der Waals surface area (Å²) in [7, 11) is 0. The number of nitrogens with one attached hydrogen (secondary N) is 1. The molecule has 0 radical (unpaired) electrons. The predicted octanol–water partition coefficient (Wildman–Crippen LogP) is 3.40. The Morgan fingerprint density at radius 2 is 1.85 bits per heavy atom. The maximum absolute atomic E-state index is 12.2. The van der Waals surface area contributed by atoms with Gasteiger partial charge in [0.1, 0.15) is 17.4 Å². The number of carbonyl (C=O) groups excluding carboxylic acids is 2. The van der Waals surface area contributed by atoms with Crippen molar-refractivity contribution in [3.63, 3.8) is 0 Å². The Balaban J connectivity index is 2.11. The summed E-state index contributed by atoms with van der Waals surface area (Å²) in [6, 6.07) is 12.9. The predicted molar refractivity (Wildman–Crippen MR) is 99.8 cm³/mol. The number of nitrogens with zero attached hydrogens (tertiary/aromatic N) is 1. The van der Waals surface area contributed by atoms with E-state index >= 15 is 0 Å². The quantitative estimate of drug-likeness (QED) is 0.583. The second kappa shape index (κ2) is 8.90. The topological polar surface area (TPSA) is 105 Å². The maximum Gasteiger partial charge on any atom is 0.266 e. The number of amides is 2. The van der Waals surface area contributed by atoms with Crippen molar-refractivity contribution in [1.29, 1.82) is 5.26 Å². The van der Waals surface area contributed by atoms with Crippen molar-refractivity contribution in [2.24, 2.45) is 5.73 Å². The summed E-state index contributed by atoms with van der Waals surface area (Å²) in [5, 5.41) is 12.5. The fourth-order valence-corrected chi connectivity index (χ4v) is 2.20. The molecule has 132 valence electrons. The van der Waals surface area contributed by atoms with E-state index in [0.29, 0.717) is 27.0 Å². The number of anilines is 1. The van der Waals surface area contributed by atoms with E-state index in [4.69, 9.17) is 33.7 Å². The highest BCUT2D eigenvalue weighted by Crippen LogP contribution is 2.25. The SMILES string of the molecule is N#C/C(=C/c1ccc(OCC(N)=O)cc1)C(=O)Nc1ccc(Cl)c(Cl)c1. The van der Waals surface area contributed by atoms with E-state index in [0.717, 1.165) is 0 Å². The van der Waals surface area contributed by atoms with E-state index in [9.17, 15) is 14.9 Å². The number of hydrogen-bond acceptors (Lipinski definition) is 4. The van der Waals surface area contributed by atoms with Crippen LogP contribution in [0.3, 0.4) is 0 Å². The van der Waals surface area contributed by atoms with E-state index in [-0.39, 0.29) is 12.2 Å². The molecular formula is C18H13Cl2N3O3. The van der Waals surface area contributed by atoms with Gasteiger partial charge in [0, 0.05) is 5.69 Å². The normalized spacial score (nSPS) is 10.7. The third-order valence-corrected chi connectivity index (χ3v) is 3.85. The summed E-state index contributed by atoms with van der Waals surface area (Å²) in [5.74, 6) is -0.723. The number of hydrogen-bond donors (Lipinski definition) is 2. The summed E-state index contributed by atoms with van der Waals surface area (Å²) < 4.78 is 5.14. The van der Waals surface area contributed by atoms with Gasteiger partial charge in [-0.15, -0.1) is 0 Å². The van der Waals surface area contributed by atoms with Gasteiger partial charge < -0.3 is 15.8 Å². The van der Waals surface area contributed by atoms with Crippen LogP contribution >= 0.6 is 23.2 Å². The summed E-state index contributed by atoms with van der Waals surface area (Å²) in [5.41, 5.74) is 5.93. The Morgan fingerprint density at radius 1 is 1.15 bits per heavy atom. The molecule has 6 nitrogen and oxygen atoms in total. The van der Waals surface area contributed by atoms with Gasteiger partial charge in [-0.05, 0) is 42.0 Å². The lowest BCUT2D eigenvalue weighted by Gasteiger charge is -2.06. The minimum atomic E-state index is -0.584. The fraction of sp³-hybridized carbons (Fsp3) is 0.0556. The molecule has 0 saturated carbocycles. The van der Waals surface area contributed by atoms with Gasteiger partial charge in [0.05, 0.1) is 10.0 Å². The Kier molecular flexibility index (Phi) is 6.61. The summed E-state index contributed by atoms with van der Waals surface area (Å²) in [6.07, 6.45) is 1.42. The lowest BCUT2D eigenvalue weighted by Crippen LogP contribution is -2.19. The maximum atomic E-state index is 12.2. The van der Waals surface area contributed by atoms with Gasteiger partial charge in [-0.1, -0.05) is 35.3 Å². The smallest absolute Gasteiger partial charge is 0.266 e. The van der Waals surface area contributed by atoms with Crippen molar-refractivity contribution in [3.05, 3.63) is 63.6 Å². The lowest BCUT2D eigenvalue weighted by atomic mass is 10.1. The van der Waals surface area contributed by atoms with Crippen LogP contribution in [0.15, 0.2) is 48.0 Å². The van der Waals surface area contributed by atoms with Crippen molar-refractivity contribution in [3.8, 4) is 11.8 Å². The molecular weight excluding hydrogens is 377 g/mol. The van der Waals surface area contributed by atoms with Gasteiger partial charge in [-0.3, -0.25) is 9.59 Å². The van der Waals surface area contributed by atoms with Crippen LogP contribution in [0.2, 0.25) is 10.0 Å². The molecule has 0 aromatic heterocycles. The van der Waals surface area contributed by atoms with Crippen LogP contribution < -0.4 is 15.8 Å². The van der Waals surface area contributed by atoms with Gasteiger partial charge >= 0.3 is 0 Å². The van der Waals surface area contributed by atoms with Crippen molar-refractivity contribution < 1.29 is 14.3 Å². The van der Waals surface area contributed by atoms with Gasteiger partial charge in [-0.25, -0.2) is 0 Å². The molecule has 0 unspecified atom stereocenters. The van der Waals surface area contributed by atoms with Crippen molar-refractivity contribution >= 4 is 46.8 Å². The number of nitrogens with two attached hydrogens (primary N) is 1. The molecule has 26 heavy (non-hydrogen) atoms. The molecule has 0 atom stereocenters. The Labute approximate surface area is 159 Å². The van der Waals surface area contributed by atoms with Gasteiger partial charge in [0.15, 0.2) is 6.61 Å². The molecule has 8 heteroatoms. The minimum Gasteiger partial charge on any atom is -0.484 e. The molecule has 0 aliphatic rings. The van der Waals surface area contributed by atoms with E-state index < -0.39 is 11.8 Å². The second-order valence-corrected chi connectivity index (χ2v) is 5.89. The molecule has 0 heterocycles.